The van der Waals surface area contributed by atoms with E-state index in [1.54, 1.807) is 0 Å². The lowest BCUT2D eigenvalue weighted by Gasteiger charge is -2.07. The predicted octanol–water partition coefficient (Wildman–Crippen LogP) is 1.24. The van der Waals surface area contributed by atoms with Crippen molar-refractivity contribution in [3.8, 4) is 17.2 Å². The third kappa shape index (κ3) is 1.11. The number of hydrogen-bond donors (Lipinski definition) is 2. The van der Waals surface area contributed by atoms with Gasteiger partial charge in [-0.2, -0.15) is 0 Å². The van der Waals surface area contributed by atoms with E-state index in [-0.39, 0.29) is 22.8 Å². The molecule has 2 rings (SSSR count). The summed E-state index contributed by atoms with van der Waals surface area (Å²) in [6.45, 7) is 1.78. The van der Waals surface area contributed by atoms with Crippen molar-refractivity contribution >= 4 is 5.78 Å². The molecular weight excluding hydrogens is 184 g/mol. The van der Waals surface area contributed by atoms with E-state index in [2.05, 4.69) is 0 Å². The Morgan fingerprint density at radius 3 is 2.86 bits per heavy atom. The molecule has 4 nitrogen and oxygen atoms in total. The van der Waals surface area contributed by atoms with Crippen molar-refractivity contribution in [2.24, 2.45) is 0 Å². The Labute approximate surface area is 80.7 Å². The summed E-state index contributed by atoms with van der Waals surface area (Å²) in [5.41, 5.74) is 0.585. The summed E-state index contributed by atoms with van der Waals surface area (Å²) in [6.07, 6.45) is 0.571. The number of ether oxygens (including phenoxy) is 1. The van der Waals surface area contributed by atoms with Crippen LogP contribution in [0.25, 0.3) is 0 Å². The molecule has 0 spiro atoms. The molecule has 4 heteroatoms. The number of phenols is 2. The first-order chi connectivity index (χ1) is 6.61. The molecule has 1 aliphatic rings. The van der Waals surface area contributed by atoms with Gasteiger partial charge in [-0.05, 0) is 6.92 Å². The highest BCUT2D eigenvalue weighted by atomic mass is 16.5. The van der Waals surface area contributed by atoms with Gasteiger partial charge in [0.2, 0.25) is 0 Å². The van der Waals surface area contributed by atoms with Crippen molar-refractivity contribution in [2.45, 2.75) is 13.3 Å². The van der Waals surface area contributed by atoms with Gasteiger partial charge in [-0.25, -0.2) is 0 Å². The number of rotatable bonds is 1. The van der Waals surface area contributed by atoms with Gasteiger partial charge < -0.3 is 14.9 Å². The lowest BCUT2D eigenvalue weighted by atomic mass is 10.0. The second kappa shape index (κ2) is 2.90. The number of carbonyl (C=O) groups is 1. The first-order valence-corrected chi connectivity index (χ1v) is 4.33. The molecule has 1 heterocycles. The van der Waals surface area contributed by atoms with Gasteiger partial charge >= 0.3 is 0 Å². The normalized spacial score (nSPS) is 13.5. The Balaban J connectivity index is 2.68. The molecule has 74 valence electrons. The molecule has 0 radical (unpaired) electrons. The van der Waals surface area contributed by atoms with Crippen LogP contribution >= 0.6 is 0 Å². The molecule has 0 unspecified atom stereocenters. The molecule has 0 atom stereocenters. The monoisotopic (exact) mass is 194 g/mol. The van der Waals surface area contributed by atoms with E-state index >= 15 is 0 Å². The lowest BCUT2D eigenvalue weighted by Crippen LogP contribution is -1.95. The van der Waals surface area contributed by atoms with Gasteiger partial charge in [0, 0.05) is 18.1 Å². The fourth-order valence-corrected chi connectivity index (χ4v) is 1.65. The first-order valence-electron chi connectivity index (χ1n) is 4.33. The number of carbonyl (C=O) groups excluding carboxylic acids is 1. The minimum Gasteiger partial charge on any atom is -0.507 e. The Morgan fingerprint density at radius 2 is 2.21 bits per heavy atom. The zero-order chi connectivity index (χ0) is 10.3. The molecule has 0 fully saturated rings. The number of fused-ring (bicyclic) bond motifs is 1. The minimum atomic E-state index is -0.352. The van der Waals surface area contributed by atoms with Crippen molar-refractivity contribution in [2.75, 3.05) is 6.61 Å². The van der Waals surface area contributed by atoms with E-state index in [1.165, 1.54) is 13.0 Å². The molecule has 0 aliphatic carbocycles. The third-order valence-corrected chi connectivity index (χ3v) is 2.31. The summed E-state index contributed by atoms with van der Waals surface area (Å²) in [6, 6.07) is 1.37. The number of aromatic hydroxyl groups is 2. The van der Waals surface area contributed by atoms with Crippen molar-refractivity contribution in [3.63, 3.8) is 0 Å². The maximum absolute atomic E-state index is 11.1. The molecule has 1 aromatic carbocycles. The molecule has 0 saturated carbocycles. The second-order valence-corrected chi connectivity index (χ2v) is 3.25. The highest BCUT2D eigenvalue weighted by molar-refractivity contribution is 6.00. The second-order valence-electron chi connectivity index (χ2n) is 3.25. The maximum Gasteiger partial charge on any atom is 0.167 e. The molecule has 2 N–H and O–H groups in total. The predicted molar refractivity (Wildman–Crippen MR) is 49.0 cm³/mol. The van der Waals surface area contributed by atoms with E-state index in [4.69, 9.17) is 4.74 Å². The van der Waals surface area contributed by atoms with Crippen LogP contribution in [0.1, 0.15) is 22.8 Å². The molecule has 0 amide bonds. The summed E-state index contributed by atoms with van der Waals surface area (Å²) in [4.78, 5) is 11.1. The first kappa shape index (κ1) is 8.87. The number of Topliss-reactive ketones (excluding diaryl/α,β-unsaturated/α-hetero) is 1. The topological polar surface area (TPSA) is 66.8 Å². The maximum atomic E-state index is 11.1. The van der Waals surface area contributed by atoms with Crippen molar-refractivity contribution in [1.82, 2.24) is 0 Å². The van der Waals surface area contributed by atoms with Crippen LogP contribution in [-0.2, 0) is 6.42 Å². The summed E-state index contributed by atoms with van der Waals surface area (Å²) in [5.74, 6) is -0.264. The highest BCUT2D eigenvalue weighted by Crippen LogP contribution is 2.40. The lowest BCUT2D eigenvalue weighted by molar-refractivity contribution is 0.101. The Kier molecular flexibility index (Phi) is 1.84. The standard InChI is InChI=1S/C10H10O4/c1-5(11)9-7(12)4-8-6(10(9)13)2-3-14-8/h4,12-13H,2-3H2,1H3. The van der Waals surface area contributed by atoms with Gasteiger partial charge in [0.1, 0.15) is 22.8 Å². The fraction of sp³-hybridized carbons (Fsp3) is 0.300. The Morgan fingerprint density at radius 1 is 1.50 bits per heavy atom. The molecule has 0 aromatic heterocycles. The molecule has 14 heavy (non-hydrogen) atoms. The SMILES string of the molecule is CC(=O)c1c(O)cc2c(c1O)CCO2. The number of benzene rings is 1. The van der Waals surface area contributed by atoms with Gasteiger partial charge in [0.25, 0.3) is 0 Å². The zero-order valence-electron chi connectivity index (χ0n) is 7.70. The average Bonchev–Trinajstić information content (AvgIpc) is 2.50. The van der Waals surface area contributed by atoms with Gasteiger partial charge in [0.15, 0.2) is 5.78 Å². The van der Waals surface area contributed by atoms with Gasteiger partial charge in [-0.1, -0.05) is 0 Å². The highest BCUT2D eigenvalue weighted by Gasteiger charge is 2.24. The number of ketones is 1. The molecule has 0 bridgehead atoms. The molecule has 1 aliphatic heterocycles. The van der Waals surface area contributed by atoms with Crippen LogP contribution in [0, 0.1) is 0 Å². The van der Waals surface area contributed by atoms with Crippen molar-refractivity contribution < 1.29 is 19.7 Å². The number of phenolic OH excluding ortho intramolecular Hbond substituents is 2. The van der Waals surface area contributed by atoms with Crippen LogP contribution in [0.15, 0.2) is 6.07 Å². The Bertz CT molecular complexity index is 409. The van der Waals surface area contributed by atoms with Gasteiger partial charge in [0.05, 0.1) is 6.61 Å². The van der Waals surface area contributed by atoms with Crippen LogP contribution in [0.5, 0.6) is 17.2 Å². The van der Waals surface area contributed by atoms with E-state index in [1.807, 2.05) is 0 Å². The van der Waals surface area contributed by atoms with E-state index in [0.29, 0.717) is 24.3 Å². The van der Waals surface area contributed by atoms with Crippen molar-refractivity contribution in [3.05, 3.63) is 17.2 Å². The van der Waals surface area contributed by atoms with Gasteiger partial charge in [-0.3, -0.25) is 4.79 Å². The molecule has 1 aromatic rings. The van der Waals surface area contributed by atoms with Gasteiger partial charge in [-0.15, -0.1) is 0 Å². The third-order valence-electron chi connectivity index (χ3n) is 2.31. The minimum absolute atomic E-state index is 0.0192. The van der Waals surface area contributed by atoms with E-state index in [0.717, 1.165) is 0 Å². The van der Waals surface area contributed by atoms with Crippen LogP contribution < -0.4 is 4.74 Å². The molecular formula is C10H10O4. The van der Waals surface area contributed by atoms with Crippen LogP contribution in [0.3, 0.4) is 0 Å². The van der Waals surface area contributed by atoms with Crippen LogP contribution in [-0.4, -0.2) is 22.6 Å². The summed E-state index contributed by atoms with van der Waals surface area (Å²) in [7, 11) is 0. The summed E-state index contributed by atoms with van der Waals surface area (Å²) < 4.78 is 5.16. The molecule has 0 saturated heterocycles. The average molecular weight is 194 g/mol. The zero-order valence-corrected chi connectivity index (χ0v) is 7.70. The summed E-state index contributed by atoms with van der Waals surface area (Å²) in [5, 5.41) is 19.2. The van der Waals surface area contributed by atoms with Crippen molar-refractivity contribution in [1.29, 1.82) is 0 Å². The Hall–Kier alpha value is -1.71. The van der Waals surface area contributed by atoms with Crippen LogP contribution in [0.4, 0.5) is 0 Å². The largest absolute Gasteiger partial charge is 0.507 e. The van der Waals surface area contributed by atoms with E-state index < -0.39 is 0 Å². The number of hydrogen-bond acceptors (Lipinski definition) is 4. The fourth-order valence-electron chi connectivity index (χ4n) is 1.65. The quantitative estimate of drug-likeness (QED) is 0.660. The summed E-state index contributed by atoms with van der Waals surface area (Å²) >= 11 is 0. The smallest absolute Gasteiger partial charge is 0.167 e. The van der Waals surface area contributed by atoms with Crippen LogP contribution in [0.2, 0.25) is 0 Å². The van der Waals surface area contributed by atoms with E-state index in [9.17, 15) is 15.0 Å².